The van der Waals surface area contributed by atoms with E-state index in [4.69, 9.17) is 4.74 Å². The number of nitrogens with zero attached hydrogens (tertiary/aromatic N) is 6. The smallest absolute Gasteiger partial charge is 0.225 e. The van der Waals surface area contributed by atoms with Crippen LogP contribution in [0.5, 0.6) is 5.88 Å². The number of ether oxygens (including phenoxy) is 1. The summed E-state index contributed by atoms with van der Waals surface area (Å²) in [5.74, 6) is 2.43. The fourth-order valence-electron chi connectivity index (χ4n) is 3.85. The summed E-state index contributed by atoms with van der Waals surface area (Å²) < 4.78 is 5.94. The first-order chi connectivity index (χ1) is 14.3. The summed E-state index contributed by atoms with van der Waals surface area (Å²) in [6.07, 6.45) is 10.6. The largest absolute Gasteiger partial charge is 0.474 e. The summed E-state index contributed by atoms with van der Waals surface area (Å²) in [5, 5.41) is 3.45. The molecule has 2 aromatic rings. The van der Waals surface area contributed by atoms with Gasteiger partial charge in [-0.15, -0.1) is 0 Å². The van der Waals surface area contributed by atoms with Crippen LogP contribution in [0.4, 0.5) is 5.95 Å². The predicted molar refractivity (Wildman–Crippen MR) is 113 cm³/mol. The molecule has 0 radical (unpaired) electrons. The van der Waals surface area contributed by atoms with Crippen LogP contribution in [0.1, 0.15) is 31.2 Å². The predicted octanol–water partition coefficient (Wildman–Crippen LogP) is 2.09. The monoisotopic (exact) mass is 395 g/mol. The highest BCUT2D eigenvalue weighted by molar-refractivity contribution is 5.80. The fraction of sp³-hybridized carbons (Fsp3) is 0.524. The Morgan fingerprint density at radius 3 is 2.52 bits per heavy atom. The van der Waals surface area contributed by atoms with Gasteiger partial charge in [-0.05, 0) is 37.3 Å². The lowest BCUT2D eigenvalue weighted by Gasteiger charge is -2.36. The van der Waals surface area contributed by atoms with Gasteiger partial charge in [0.25, 0.3) is 0 Å². The van der Waals surface area contributed by atoms with Crippen LogP contribution in [0.15, 0.2) is 41.8 Å². The minimum atomic E-state index is 0.338. The van der Waals surface area contributed by atoms with E-state index < -0.39 is 0 Å². The summed E-state index contributed by atoms with van der Waals surface area (Å²) in [6.45, 7) is 4.19. The van der Waals surface area contributed by atoms with Crippen LogP contribution in [0, 0.1) is 0 Å². The van der Waals surface area contributed by atoms with Crippen molar-refractivity contribution in [3.8, 4) is 5.88 Å². The maximum Gasteiger partial charge on any atom is 0.225 e. The van der Waals surface area contributed by atoms with Crippen molar-refractivity contribution in [2.24, 2.45) is 4.99 Å². The van der Waals surface area contributed by atoms with E-state index in [1.807, 2.05) is 25.4 Å². The van der Waals surface area contributed by atoms with Crippen LogP contribution >= 0.6 is 0 Å². The summed E-state index contributed by atoms with van der Waals surface area (Å²) >= 11 is 0. The lowest BCUT2D eigenvalue weighted by atomic mass is 10.2. The third-order valence-electron chi connectivity index (χ3n) is 5.46. The molecule has 0 amide bonds. The van der Waals surface area contributed by atoms with Crippen LogP contribution in [-0.4, -0.2) is 65.1 Å². The lowest BCUT2D eigenvalue weighted by molar-refractivity contribution is 0.201. The Morgan fingerprint density at radius 2 is 1.86 bits per heavy atom. The van der Waals surface area contributed by atoms with Crippen LogP contribution in [0.2, 0.25) is 0 Å². The first-order valence-electron chi connectivity index (χ1n) is 10.4. The van der Waals surface area contributed by atoms with Crippen molar-refractivity contribution in [2.45, 2.75) is 38.3 Å². The molecule has 1 N–H and O–H groups in total. The number of guanidine groups is 1. The molecule has 1 saturated carbocycles. The molecule has 4 rings (SSSR count). The van der Waals surface area contributed by atoms with Crippen molar-refractivity contribution in [1.29, 1.82) is 0 Å². The van der Waals surface area contributed by atoms with Gasteiger partial charge >= 0.3 is 0 Å². The van der Waals surface area contributed by atoms with Gasteiger partial charge in [0.1, 0.15) is 6.10 Å². The molecule has 8 heteroatoms. The zero-order valence-corrected chi connectivity index (χ0v) is 17.0. The zero-order valence-electron chi connectivity index (χ0n) is 17.0. The Labute approximate surface area is 172 Å². The quantitative estimate of drug-likeness (QED) is 0.613. The molecule has 0 bridgehead atoms. The molecule has 0 spiro atoms. The Bertz CT molecular complexity index is 782. The normalized spacial score (nSPS) is 18.2. The van der Waals surface area contributed by atoms with Crippen LogP contribution in [-0.2, 0) is 6.54 Å². The molecule has 29 heavy (non-hydrogen) atoms. The molecule has 0 unspecified atom stereocenters. The summed E-state index contributed by atoms with van der Waals surface area (Å²) in [5.41, 5.74) is 1.11. The Morgan fingerprint density at radius 1 is 1.10 bits per heavy atom. The van der Waals surface area contributed by atoms with E-state index in [1.54, 1.807) is 12.4 Å². The van der Waals surface area contributed by atoms with Gasteiger partial charge in [-0.1, -0.05) is 6.07 Å². The standard InChI is InChI=1S/C21H29N7O/c1-22-20(27-11-13-28(14-12-27)21-23-9-4-10-24-21)26-16-17-7-8-19(25-15-17)29-18-5-2-3-6-18/h4,7-10,15,18H,2-3,5-6,11-14,16H2,1H3,(H,22,26). The van der Waals surface area contributed by atoms with Crippen LogP contribution < -0.4 is 15.0 Å². The first-order valence-corrected chi connectivity index (χ1v) is 10.4. The molecule has 3 heterocycles. The molecule has 8 nitrogen and oxygen atoms in total. The van der Waals surface area contributed by atoms with Gasteiger partial charge in [-0.25, -0.2) is 15.0 Å². The molecule has 2 fully saturated rings. The number of aromatic nitrogens is 3. The minimum absolute atomic E-state index is 0.338. The molecular weight excluding hydrogens is 366 g/mol. The molecule has 2 aliphatic rings. The van der Waals surface area contributed by atoms with E-state index >= 15 is 0 Å². The molecule has 2 aromatic heterocycles. The van der Waals surface area contributed by atoms with Crippen molar-refractivity contribution < 1.29 is 4.74 Å². The number of piperazine rings is 1. The number of rotatable bonds is 5. The number of aliphatic imine (C=N–C) groups is 1. The maximum absolute atomic E-state index is 5.94. The van der Waals surface area contributed by atoms with Crippen molar-refractivity contribution >= 4 is 11.9 Å². The topological polar surface area (TPSA) is 78.8 Å². The van der Waals surface area contributed by atoms with Crippen molar-refractivity contribution in [1.82, 2.24) is 25.2 Å². The Balaban J connectivity index is 1.25. The third-order valence-corrected chi connectivity index (χ3v) is 5.46. The second kappa shape index (κ2) is 9.54. The van der Waals surface area contributed by atoms with E-state index in [2.05, 4.69) is 41.1 Å². The third kappa shape index (κ3) is 5.13. The van der Waals surface area contributed by atoms with Crippen LogP contribution in [0.25, 0.3) is 0 Å². The van der Waals surface area contributed by atoms with Crippen molar-refractivity contribution in [2.75, 3.05) is 38.1 Å². The molecule has 1 aliphatic heterocycles. The van der Waals surface area contributed by atoms with Gasteiger partial charge < -0.3 is 19.9 Å². The number of nitrogens with one attached hydrogen (secondary N) is 1. The average molecular weight is 396 g/mol. The summed E-state index contributed by atoms with van der Waals surface area (Å²) in [4.78, 5) is 22.1. The van der Waals surface area contributed by atoms with Gasteiger partial charge in [0.05, 0.1) is 0 Å². The second-order valence-corrected chi connectivity index (χ2v) is 7.45. The number of anilines is 1. The van der Waals surface area contributed by atoms with Crippen LogP contribution in [0.3, 0.4) is 0 Å². The minimum Gasteiger partial charge on any atom is -0.474 e. The molecular formula is C21H29N7O. The lowest BCUT2D eigenvalue weighted by Crippen LogP contribution is -2.52. The summed E-state index contributed by atoms with van der Waals surface area (Å²) in [7, 11) is 1.83. The van der Waals surface area contributed by atoms with Gasteiger partial charge in [0.2, 0.25) is 11.8 Å². The van der Waals surface area contributed by atoms with Gasteiger partial charge in [0.15, 0.2) is 5.96 Å². The highest BCUT2D eigenvalue weighted by Gasteiger charge is 2.21. The average Bonchev–Trinajstić information content (AvgIpc) is 3.29. The molecule has 154 valence electrons. The molecule has 1 aliphatic carbocycles. The van der Waals surface area contributed by atoms with E-state index in [-0.39, 0.29) is 0 Å². The fourth-order valence-corrected chi connectivity index (χ4v) is 3.85. The van der Waals surface area contributed by atoms with Crippen molar-refractivity contribution in [3.63, 3.8) is 0 Å². The van der Waals surface area contributed by atoms with Gasteiger partial charge in [-0.2, -0.15) is 0 Å². The number of hydrogen-bond acceptors (Lipinski definition) is 6. The Kier molecular flexibility index (Phi) is 6.38. The van der Waals surface area contributed by atoms with E-state index in [9.17, 15) is 0 Å². The second-order valence-electron chi connectivity index (χ2n) is 7.45. The maximum atomic E-state index is 5.94. The van der Waals surface area contributed by atoms with E-state index in [0.717, 1.165) is 62.4 Å². The number of hydrogen-bond donors (Lipinski definition) is 1. The first kappa shape index (κ1) is 19.4. The Hall–Kier alpha value is -2.90. The van der Waals surface area contributed by atoms with Gasteiger partial charge in [-0.3, -0.25) is 4.99 Å². The van der Waals surface area contributed by atoms with Crippen molar-refractivity contribution in [3.05, 3.63) is 42.4 Å². The zero-order chi connectivity index (χ0) is 19.9. The van der Waals surface area contributed by atoms with E-state index in [1.165, 1.54) is 12.8 Å². The van der Waals surface area contributed by atoms with E-state index in [0.29, 0.717) is 12.6 Å². The SMILES string of the molecule is CN=C(NCc1ccc(OC2CCCC2)nc1)N1CCN(c2ncccn2)CC1. The molecule has 1 saturated heterocycles. The molecule has 0 aromatic carbocycles. The van der Waals surface area contributed by atoms with Gasteiger partial charge in [0, 0.05) is 64.4 Å². The highest BCUT2D eigenvalue weighted by Crippen LogP contribution is 2.22. The molecule has 0 atom stereocenters. The highest BCUT2D eigenvalue weighted by atomic mass is 16.5. The summed E-state index contributed by atoms with van der Waals surface area (Å²) in [6, 6.07) is 5.88. The number of pyridine rings is 1.